The number of ether oxygens (including phenoxy) is 2. The first kappa shape index (κ1) is 33.9. The average molecular weight is 644 g/mol. The number of aliphatic hydroxyl groups is 1. The molecule has 244 valence electrons. The van der Waals surface area contributed by atoms with Crippen molar-refractivity contribution in [1.29, 1.82) is 0 Å². The number of aliphatic hydroxyl groups excluding tert-OH is 1. The van der Waals surface area contributed by atoms with Crippen LogP contribution in [-0.2, 0) is 20.9 Å². The molecule has 3 amide bonds. The van der Waals surface area contributed by atoms with Gasteiger partial charge in [0, 0.05) is 44.7 Å². The maximum atomic E-state index is 13.7. The first-order valence-corrected chi connectivity index (χ1v) is 15.7. The molecule has 45 heavy (non-hydrogen) atoms. The Hall–Kier alpha value is -4.01. The molecule has 0 unspecified atom stereocenters. The zero-order valence-corrected chi connectivity index (χ0v) is 27.0. The number of β-amino-alcohol motifs (C(OH)–C–C–N with tert-alkyl or cyclic N) is 1. The molecule has 1 aliphatic heterocycles. The SMILES string of the molecule is Cc1cc([C@H](C(=O)N2C[C@H](O)C[C@H]2C(=O)NCc2ccc(-c3scnc3C)cc2OCCOCCN(C)C(=O)O)C(C)C)on1. The lowest BCUT2D eigenvalue weighted by Gasteiger charge is -2.28. The van der Waals surface area contributed by atoms with Crippen LogP contribution in [0.2, 0.25) is 0 Å². The number of hydrogen-bond acceptors (Lipinski definition) is 10. The molecule has 0 saturated carbocycles. The second kappa shape index (κ2) is 15.3. The number of amides is 3. The Morgan fingerprint density at radius 1 is 1.20 bits per heavy atom. The van der Waals surface area contributed by atoms with Gasteiger partial charge in [0.25, 0.3) is 0 Å². The summed E-state index contributed by atoms with van der Waals surface area (Å²) in [7, 11) is 1.47. The predicted octanol–water partition coefficient (Wildman–Crippen LogP) is 3.44. The van der Waals surface area contributed by atoms with Crippen LogP contribution in [0.25, 0.3) is 10.4 Å². The second-order valence-corrected chi connectivity index (χ2v) is 12.3. The van der Waals surface area contributed by atoms with Gasteiger partial charge in [-0.1, -0.05) is 31.1 Å². The number of benzene rings is 1. The number of thiazole rings is 1. The summed E-state index contributed by atoms with van der Waals surface area (Å²) < 4.78 is 17.0. The van der Waals surface area contributed by atoms with Crippen LogP contribution in [0.5, 0.6) is 5.75 Å². The van der Waals surface area contributed by atoms with Crippen molar-refractivity contribution in [3.63, 3.8) is 0 Å². The minimum atomic E-state index is -1.03. The number of likely N-dealkylation sites (tertiary alicyclic amines) is 1. The highest BCUT2D eigenvalue weighted by atomic mass is 32.1. The van der Waals surface area contributed by atoms with Gasteiger partial charge in [-0.2, -0.15) is 0 Å². The van der Waals surface area contributed by atoms with Crippen LogP contribution in [-0.4, -0.2) is 100 Å². The Morgan fingerprint density at radius 2 is 1.98 bits per heavy atom. The van der Waals surface area contributed by atoms with Crippen molar-refractivity contribution in [1.82, 2.24) is 25.3 Å². The van der Waals surface area contributed by atoms with E-state index >= 15 is 0 Å². The molecule has 0 aliphatic carbocycles. The quantitative estimate of drug-likeness (QED) is 0.221. The van der Waals surface area contributed by atoms with E-state index in [0.29, 0.717) is 22.8 Å². The van der Waals surface area contributed by atoms with Crippen LogP contribution in [0.3, 0.4) is 0 Å². The number of hydrogen-bond donors (Lipinski definition) is 3. The van der Waals surface area contributed by atoms with E-state index in [1.54, 1.807) is 18.5 Å². The summed E-state index contributed by atoms with van der Waals surface area (Å²) in [6, 6.07) is 6.58. The van der Waals surface area contributed by atoms with Gasteiger partial charge >= 0.3 is 6.09 Å². The number of carbonyl (C=O) groups is 3. The Bertz CT molecular complexity index is 1470. The molecule has 14 heteroatoms. The number of carbonyl (C=O) groups excluding carboxylic acids is 2. The fraction of sp³-hybridized carbons (Fsp3) is 0.516. The summed E-state index contributed by atoms with van der Waals surface area (Å²) in [5.74, 6) is -0.443. The van der Waals surface area contributed by atoms with Crippen molar-refractivity contribution in [3.8, 4) is 16.2 Å². The summed E-state index contributed by atoms with van der Waals surface area (Å²) in [5.41, 5.74) is 4.96. The summed E-state index contributed by atoms with van der Waals surface area (Å²) >= 11 is 1.51. The molecular weight excluding hydrogens is 602 g/mol. The Morgan fingerprint density at radius 3 is 2.62 bits per heavy atom. The van der Waals surface area contributed by atoms with Crippen molar-refractivity contribution in [3.05, 3.63) is 52.5 Å². The van der Waals surface area contributed by atoms with Gasteiger partial charge in [-0.05, 0) is 31.4 Å². The van der Waals surface area contributed by atoms with Gasteiger partial charge in [-0.15, -0.1) is 11.3 Å². The lowest BCUT2D eigenvalue weighted by molar-refractivity contribution is -0.141. The van der Waals surface area contributed by atoms with Gasteiger partial charge in [-0.25, -0.2) is 9.78 Å². The normalized spacial score (nSPS) is 17.0. The van der Waals surface area contributed by atoms with E-state index in [1.165, 1.54) is 23.3 Å². The van der Waals surface area contributed by atoms with Crippen molar-refractivity contribution in [2.75, 3.05) is 40.0 Å². The molecule has 0 radical (unpaired) electrons. The van der Waals surface area contributed by atoms with Gasteiger partial charge in [0.1, 0.15) is 30.1 Å². The second-order valence-electron chi connectivity index (χ2n) is 11.5. The van der Waals surface area contributed by atoms with Crippen molar-refractivity contribution < 1.29 is 38.6 Å². The number of nitrogens with one attached hydrogen (secondary N) is 1. The first-order valence-electron chi connectivity index (χ1n) is 14.8. The Kier molecular flexibility index (Phi) is 11.5. The standard InChI is InChI=1S/C31H41N5O8S/c1-18(2)27(26-12-19(3)34-44-26)30(39)36-16-23(37)14-24(36)29(38)32-15-22-7-6-21(28-20(4)33-17-45-28)13-25(22)43-11-10-42-9-8-35(5)31(40)41/h6-7,12-13,17-18,23-24,27,37H,8-11,14-16H2,1-5H3,(H,32,38)(H,40,41)/t23-,24+,27-/m1/s1. The average Bonchev–Trinajstić information content (AvgIpc) is 3.73. The maximum Gasteiger partial charge on any atom is 0.407 e. The van der Waals surface area contributed by atoms with E-state index in [2.05, 4.69) is 15.5 Å². The number of likely N-dealkylation sites (N-methyl/N-ethyl adjacent to an activating group) is 1. The van der Waals surface area contributed by atoms with Gasteiger partial charge in [0.05, 0.1) is 41.1 Å². The highest BCUT2D eigenvalue weighted by Crippen LogP contribution is 2.33. The molecule has 1 fully saturated rings. The largest absolute Gasteiger partial charge is 0.491 e. The summed E-state index contributed by atoms with van der Waals surface area (Å²) in [6.07, 6.45) is -1.73. The van der Waals surface area contributed by atoms with Gasteiger partial charge in [0.2, 0.25) is 11.8 Å². The zero-order chi connectivity index (χ0) is 32.7. The van der Waals surface area contributed by atoms with Crippen LogP contribution in [0.4, 0.5) is 4.79 Å². The zero-order valence-electron chi connectivity index (χ0n) is 26.2. The third kappa shape index (κ3) is 8.59. The molecule has 3 atom stereocenters. The van der Waals surface area contributed by atoms with Gasteiger partial charge in [-0.3, -0.25) is 9.59 Å². The molecule has 3 aromatic rings. The summed E-state index contributed by atoms with van der Waals surface area (Å²) in [4.78, 5) is 46.1. The van der Waals surface area contributed by atoms with Crippen LogP contribution >= 0.6 is 11.3 Å². The third-order valence-corrected chi connectivity index (χ3v) is 8.64. The molecule has 3 heterocycles. The van der Waals surface area contributed by atoms with Gasteiger partial charge < -0.3 is 39.3 Å². The number of aromatic nitrogens is 2. The fourth-order valence-electron chi connectivity index (χ4n) is 5.21. The molecule has 4 rings (SSSR count). The molecular formula is C31H41N5O8S. The van der Waals surface area contributed by atoms with Crippen LogP contribution in [0.15, 0.2) is 34.3 Å². The summed E-state index contributed by atoms with van der Waals surface area (Å²) in [5, 5.41) is 26.3. The minimum Gasteiger partial charge on any atom is -0.491 e. The Balaban J connectivity index is 1.44. The lowest BCUT2D eigenvalue weighted by Crippen LogP contribution is -2.48. The minimum absolute atomic E-state index is 0.0484. The number of aryl methyl sites for hydroxylation is 2. The molecule has 13 nitrogen and oxygen atoms in total. The van der Waals surface area contributed by atoms with Crippen molar-refractivity contribution in [2.24, 2.45) is 5.92 Å². The van der Waals surface area contributed by atoms with E-state index in [9.17, 15) is 19.5 Å². The molecule has 0 spiro atoms. The fourth-order valence-corrected chi connectivity index (χ4v) is 6.02. The van der Waals surface area contributed by atoms with Crippen molar-refractivity contribution >= 4 is 29.2 Å². The van der Waals surface area contributed by atoms with E-state index < -0.39 is 24.2 Å². The molecule has 2 aromatic heterocycles. The number of nitrogens with zero attached hydrogens (tertiary/aromatic N) is 4. The van der Waals surface area contributed by atoms with Gasteiger partial charge in [0.15, 0.2) is 0 Å². The van der Waals surface area contributed by atoms with E-state index in [0.717, 1.165) is 21.0 Å². The first-order chi connectivity index (χ1) is 21.5. The van der Waals surface area contributed by atoms with Crippen LogP contribution < -0.4 is 10.1 Å². The smallest absolute Gasteiger partial charge is 0.407 e. The predicted molar refractivity (Wildman–Crippen MR) is 166 cm³/mol. The molecule has 0 bridgehead atoms. The Labute approximate surface area is 266 Å². The number of carboxylic acid groups (broad SMARTS) is 1. The molecule has 1 aromatic carbocycles. The van der Waals surface area contributed by atoms with Crippen LogP contribution in [0.1, 0.15) is 48.9 Å². The third-order valence-electron chi connectivity index (χ3n) is 7.66. The number of rotatable bonds is 14. The van der Waals surface area contributed by atoms with E-state index in [1.807, 2.05) is 39.0 Å². The highest BCUT2D eigenvalue weighted by Gasteiger charge is 2.43. The highest BCUT2D eigenvalue weighted by molar-refractivity contribution is 7.13. The summed E-state index contributed by atoms with van der Waals surface area (Å²) in [6.45, 7) is 8.60. The lowest BCUT2D eigenvalue weighted by atomic mass is 9.91. The molecule has 1 aliphatic rings. The van der Waals surface area contributed by atoms with Crippen molar-refractivity contribution in [2.45, 2.75) is 58.7 Å². The topological polar surface area (TPSA) is 168 Å². The maximum absolute atomic E-state index is 13.7. The molecule has 1 saturated heterocycles. The van der Waals surface area contributed by atoms with E-state index in [-0.39, 0.29) is 63.6 Å². The molecule has 3 N–H and O–H groups in total. The van der Waals surface area contributed by atoms with E-state index in [4.69, 9.17) is 19.1 Å². The monoisotopic (exact) mass is 643 g/mol. The van der Waals surface area contributed by atoms with Crippen LogP contribution in [0, 0.1) is 19.8 Å².